The Morgan fingerprint density at radius 2 is 2.14 bits per heavy atom. The van der Waals surface area contributed by atoms with Gasteiger partial charge in [0.1, 0.15) is 17.5 Å². The first kappa shape index (κ1) is 15.2. The maximum atomic E-state index is 13.1. The predicted molar refractivity (Wildman–Crippen MR) is 64.3 cm³/mol. The molecule has 2 aromatic rings. The molecule has 22 heavy (non-hydrogen) atoms. The van der Waals surface area contributed by atoms with Gasteiger partial charge in [0.2, 0.25) is 0 Å². The minimum atomic E-state index is -4.93. The van der Waals surface area contributed by atoms with Crippen molar-refractivity contribution in [2.24, 2.45) is 0 Å². The number of nitriles is 1. The molecule has 0 aliphatic rings. The molecule has 0 aliphatic carbocycles. The van der Waals surface area contributed by atoms with Crippen LogP contribution in [-0.2, 0) is 6.18 Å². The van der Waals surface area contributed by atoms with Crippen LogP contribution >= 0.6 is 0 Å². The zero-order chi connectivity index (χ0) is 16.5. The average molecular weight is 313 g/mol. The van der Waals surface area contributed by atoms with Crippen molar-refractivity contribution in [3.63, 3.8) is 0 Å². The summed E-state index contributed by atoms with van der Waals surface area (Å²) in [5.41, 5.74) is -3.19. The van der Waals surface area contributed by atoms with Crippen LogP contribution < -0.4 is 4.74 Å². The Morgan fingerprint density at radius 3 is 2.64 bits per heavy atom. The summed E-state index contributed by atoms with van der Waals surface area (Å²) in [6, 6.07) is 4.32. The van der Waals surface area contributed by atoms with Gasteiger partial charge in [-0.05, 0) is 6.07 Å². The van der Waals surface area contributed by atoms with Crippen LogP contribution in [0.4, 0.5) is 18.9 Å². The Bertz CT molecular complexity index is 778. The molecule has 0 bridgehead atoms. The molecule has 114 valence electrons. The molecule has 2 rings (SSSR count). The fourth-order valence-corrected chi connectivity index (χ4v) is 1.74. The van der Waals surface area contributed by atoms with E-state index in [1.54, 1.807) is 0 Å². The first-order valence-corrected chi connectivity index (χ1v) is 5.55. The second-order valence-corrected chi connectivity index (χ2v) is 3.92. The minimum Gasteiger partial charge on any atom is -0.494 e. The van der Waals surface area contributed by atoms with Gasteiger partial charge in [0.25, 0.3) is 5.69 Å². The highest BCUT2D eigenvalue weighted by molar-refractivity contribution is 5.54. The summed E-state index contributed by atoms with van der Waals surface area (Å²) in [7, 11) is 1.18. The van der Waals surface area contributed by atoms with Crippen LogP contribution in [0.3, 0.4) is 0 Å². The SMILES string of the molecule is COc1ccc([N+](=O)[O-])cc1-n1nnc(C#N)c1C(F)(F)F. The highest BCUT2D eigenvalue weighted by atomic mass is 19.4. The van der Waals surface area contributed by atoms with E-state index >= 15 is 0 Å². The number of halogens is 3. The summed E-state index contributed by atoms with van der Waals surface area (Å²) < 4.78 is 44.4. The molecule has 0 N–H and O–H groups in total. The van der Waals surface area contributed by atoms with Gasteiger partial charge in [-0.2, -0.15) is 18.4 Å². The topological polar surface area (TPSA) is 107 Å². The van der Waals surface area contributed by atoms with Gasteiger partial charge in [0, 0.05) is 12.1 Å². The molecular formula is C11H6F3N5O3. The second-order valence-electron chi connectivity index (χ2n) is 3.92. The van der Waals surface area contributed by atoms with Crippen molar-refractivity contribution in [1.29, 1.82) is 5.26 Å². The average Bonchev–Trinajstić information content (AvgIpc) is 2.90. The number of non-ortho nitro benzene ring substituents is 1. The molecule has 1 aromatic heterocycles. The number of rotatable bonds is 3. The Kier molecular flexibility index (Phi) is 3.68. The van der Waals surface area contributed by atoms with Crippen LogP contribution in [0.2, 0.25) is 0 Å². The molecule has 0 fully saturated rings. The van der Waals surface area contributed by atoms with E-state index in [0.717, 1.165) is 18.2 Å². The third kappa shape index (κ3) is 2.53. The van der Waals surface area contributed by atoms with Crippen molar-refractivity contribution in [3.8, 4) is 17.5 Å². The molecule has 1 aromatic carbocycles. The van der Waals surface area contributed by atoms with Gasteiger partial charge >= 0.3 is 6.18 Å². The highest BCUT2D eigenvalue weighted by Crippen LogP contribution is 2.35. The third-order valence-corrected chi connectivity index (χ3v) is 2.65. The summed E-state index contributed by atoms with van der Waals surface area (Å²) in [5.74, 6) is -0.0921. The Labute approximate surface area is 120 Å². The van der Waals surface area contributed by atoms with Crippen LogP contribution in [0.1, 0.15) is 11.4 Å². The van der Waals surface area contributed by atoms with Crippen molar-refractivity contribution in [2.45, 2.75) is 6.18 Å². The van der Waals surface area contributed by atoms with E-state index in [9.17, 15) is 23.3 Å². The Balaban J connectivity index is 2.77. The Hall–Kier alpha value is -3.16. The number of alkyl halides is 3. The molecule has 0 unspecified atom stereocenters. The van der Waals surface area contributed by atoms with Gasteiger partial charge in [-0.15, -0.1) is 5.10 Å². The number of hydrogen-bond acceptors (Lipinski definition) is 6. The van der Waals surface area contributed by atoms with Gasteiger partial charge in [-0.3, -0.25) is 10.1 Å². The summed E-state index contributed by atoms with van der Waals surface area (Å²) in [6.07, 6.45) is -4.93. The number of benzene rings is 1. The zero-order valence-electron chi connectivity index (χ0n) is 10.8. The summed E-state index contributed by atoms with van der Waals surface area (Å²) >= 11 is 0. The maximum absolute atomic E-state index is 13.1. The number of aromatic nitrogens is 3. The number of hydrogen-bond donors (Lipinski definition) is 0. The lowest BCUT2D eigenvalue weighted by molar-refractivity contribution is -0.384. The summed E-state index contributed by atoms with van der Waals surface area (Å²) in [5, 5.41) is 25.9. The molecule has 0 aliphatic heterocycles. The van der Waals surface area contributed by atoms with Gasteiger partial charge in [-0.25, -0.2) is 4.68 Å². The van der Waals surface area contributed by atoms with Crippen LogP contribution in [-0.4, -0.2) is 27.0 Å². The number of nitro benzene ring substituents is 1. The van der Waals surface area contributed by atoms with Crippen LogP contribution in [0, 0.1) is 21.4 Å². The fourth-order valence-electron chi connectivity index (χ4n) is 1.74. The van der Waals surface area contributed by atoms with Gasteiger partial charge in [0.15, 0.2) is 11.4 Å². The largest absolute Gasteiger partial charge is 0.494 e. The monoisotopic (exact) mass is 313 g/mol. The minimum absolute atomic E-state index is 0.0921. The van der Waals surface area contributed by atoms with E-state index in [1.165, 1.54) is 13.2 Å². The predicted octanol–water partition coefficient (Wildman–Crippen LogP) is 2.07. The number of ether oxygens (including phenoxy) is 1. The van der Waals surface area contributed by atoms with Gasteiger partial charge < -0.3 is 4.74 Å². The molecular weight excluding hydrogens is 307 g/mol. The first-order chi connectivity index (χ1) is 10.3. The molecule has 0 atom stereocenters. The maximum Gasteiger partial charge on any atom is 0.436 e. The van der Waals surface area contributed by atoms with E-state index in [0.29, 0.717) is 4.68 Å². The number of nitro groups is 1. The quantitative estimate of drug-likeness (QED) is 0.634. The lowest BCUT2D eigenvalue weighted by Crippen LogP contribution is -2.15. The molecule has 0 amide bonds. The fraction of sp³-hybridized carbons (Fsp3) is 0.182. The summed E-state index contributed by atoms with van der Waals surface area (Å²) in [4.78, 5) is 9.99. The van der Waals surface area contributed by atoms with Gasteiger partial charge in [0.05, 0.1) is 12.0 Å². The smallest absolute Gasteiger partial charge is 0.436 e. The van der Waals surface area contributed by atoms with E-state index in [-0.39, 0.29) is 11.4 Å². The Morgan fingerprint density at radius 1 is 1.45 bits per heavy atom. The van der Waals surface area contributed by atoms with E-state index < -0.39 is 28.2 Å². The van der Waals surface area contributed by atoms with Crippen molar-refractivity contribution >= 4 is 5.69 Å². The highest BCUT2D eigenvalue weighted by Gasteiger charge is 2.40. The summed E-state index contributed by atoms with van der Waals surface area (Å²) in [6.45, 7) is 0. The van der Waals surface area contributed by atoms with Crippen LogP contribution in [0.15, 0.2) is 18.2 Å². The zero-order valence-corrected chi connectivity index (χ0v) is 10.8. The molecule has 0 radical (unpaired) electrons. The van der Waals surface area contributed by atoms with Crippen LogP contribution in [0.25, 0.3) is 5.69 Å². The van der Waals surface area contributed by atoms with E-state index in [2.05, 4.69) is 10.3 Å². The van der Waals surface area contributed by atoms with Crippen LogP contribution in [0.5, 0.6) is 5.75 Å². The third-order valence-electron chi connectivity index (χ3n) is 2.65. The number of methoxy groups -OCH3 is 1. The normalized spacial score (nSPS) is 11.0. The van der Waals surface area contributed by atoms with Gasteiger partial charge in [-0.1, -0.05) is 5.21 Å². The van der Waals surface area contributed by atoms with E-state index in [4.69, 9.17) is 10.00 Å². The molecule has 0 saturated heterocycles. The second kappa shape index (κ2) is 5.32. The lowest BCUT2D eigenvalue weighted by atomic mass is 10.2. The molecule has 0 spiro atoms. The van der Waals surface area contributed by atoms with Crippen molar-refractivity contribution in [2.75, 3.05) is 7.11 Å². The first-order valence-electron chi connectivity index (χ1n) is 5.55. The molecule has 11 heteroatoms. The standard InChI is InChI=1S/C11H6F3N5O3/c1-22-9-3-2-6(19(20)21)4-8(9)18-10(11(12,13)14)7(5-15)16-17-18/h2-4H,1H3. The van der Waals surface area contributed by atoms with E-state index in [1.807, 2.05) is 0 Å². The molecule has 8 nitrogen and oxygen atoms in total. The molecule has 1 heterocycles. The molecule has 0 saturated carbocycles. The number of nitrogens with zero attached hydrogens (tertiary/aromatic N) is 5. The van der Waals surface area contributed by atoms with Crippen molar-refractivity contribution in [3.05, 3.63) is 39.7 Å². The van der Waals surface area contributed by atoms with Crippen molar-refractivity contribution < 1.29 is 22.8 Å². The lowest BCUT2D eigenvalue weighted by Gasteiger charge is -2.12. The van der Waals surface area contributed by atoms with Crippen molar-refractivity contribution in [1.82, 2.24) is 15.0 Å².